The van der Waals surface area contributed by atoms with Gasteiger partial charge in [-0.05, 0) is 44.2 Å². The minimum absolute atomic E-state index is 0.301. The van der Waals surface area contributed by atoms with Crippen LogP contribution in [0, 0.1) is 6.92 Å². The Morgan fingerprint density at radius 1 is 1.06 bits per heavy atom. The summed E-state index contributed by atoms with van der Waals surface area (Å²) in [5, 5.41) is 15.1. The Labute approximate surface area is 190 Å². The van der Waals surface area contributed by atoms with Gasteiger partial charge in [0.15, 0.2) is 0 Å². The Morgan fingerprint density at radius 2 is 1.81 bits per heavy atom. The van der Waals surface area contributed by atoms with Gasteiger partial charge in [-0.3, -0.25) is 4.90 Å². The van der Waals surface area contributed by atoms with Gasteiger partial charge in [0.2, 0.25) is 5.88 Å². The average Bonchev–Trinajstić information content (AvgIpc) is 3.10. The van der Waals surface area contributed by atoms with Crippen LogP contribution in [0.3, 0.4) is 0 Å². The summed E-state index contributed by atoms with van der Waals surface area (Å²) in [5.41, 5.74) is 2.78. The van der Waals surface area contributed by atoms with E-state index in [0.29, 0.717) is 31.3 Å². The van der Waals surface area contributed by atoms with Crippen molar-refractivity contribution in [1.82, 2.24) is 14.7 Å². The van der Waals surface area contributed by atoms with Crippen LogP contribution in [0.4, 0.5) is 0 Å². The number of aryl methyl sites for hydroxylation is 1. The number of hydrogen-bond donors (Lipinski definition) is 1. The standard InChI is InChI=1S/C25H33N3O4/c1-5-14-27(16-21(29)18-30-3)17-24-19(2)26-28(20-10-7-6-8-11-20)25(24)32-23-13-9-12-22(15-23)31-4/h6-13,15,21,29H,5,14,16-18H2,1-4H3/t21-/m1/s1. The van der Waals surface area contributed by atoms with Crippen LogP contribution in [-0.2, 0) is 11.3 Å². The van der Waals surface area contributed by atoms with E-state index in [1.54, 1.807) is 14.2 Å². The van der Waals surface area contributed by atoms with E-state index in [1.165, 1.54) is 0 Å². The van der Waals surface area contributed by atoms with Gasteiger partial charge in [-0.15, -0.1) is 0 Å². The molecule has 0 aliphatic heterocycles. The van der Waals surface area contributed by atoms with Gasteiger partial charge in [-0.1, -0.05) is 31.2 Å². The number of benzene rings is 2. The molecule has 7 nitrogen and oxygen atoms in total. The number of methoxy groups -OCH3 is 2. The predicted octanol–water partition coefficient (Wildman–Crippen LogP) is 4.20. The van der Waals surface area contributed by atoms with Crippen LogP contribution < -0.4 is 9.47 Å². The number of rotatable bonds is 12. The van der Waals surface area contributed by atoms with E-state index in [4.69, 9.17) is 19.3 Å². The fourth-order valence-corrected chi connectivity index (χ4v) is 3.66. The molecule has 1 heterocycles. The number of aromatic nitrogens is 2. The Kier molecular flexibility index (Phi) is 8.67. The summed E-state index contributed by atoms with van der Waals surface area (Å²) in [5.74, 6) is 2.05. The maximum atomic E-state index is 10.3. The normalized spacial score (nSPS) is 12.2. The third-order valence-electron chi connectivity index (χ3n) is 5.14. The van der Waals surface area contributed by atoms with Crippen LogP contribution >= 0.6 is 0 Å². The highest BCUT2D eigenvalue weighted by Crippen LogP contribution is 2.33. The van der Waals surface area contributed by atoms with Crippen LogP contribution in [0.5, 0.6) is 17.4 Å². The van der Waals surface area contributed by atoms with Crippen molar-refractivity contribution in [3.63, 3.8) is 0 Å². The zero-order chi connectivity index (χ0) is 22.9. The number of ether oxygens (including phenoxy) is 3. The summed E-state index contributed by atoms with van der Waals surface area (Å²) in [4.78, 5) is 2.21. The summed E-state index contributed by atoms with van der Waals surface area (Å²) in [6.45, 7) is 6.38. The molecule has 3 aromatic rings. The Hall–Kier alpha value is -2.87. The zero-order valence-corrected chi connectivity index (χ0v) is 19.3. The van der Waals surface area contributed by atoms with Gasteiger partial charge in [-0.25, -0.2) is 4.68 Å². The molecule has 2 aromatic carbocycles. The fraction of sp³-hybridized carbons (Fsp3) is 0.400. The number of aliphatic hydroxyl groups is 1. The molecule has 0 unspecified atom stereocenters. The van der Waals surface area contributed by atoms with Gasteiger partial charge >= 0.3 is 0 Å². The molecule has 0 amide bonds. The molecule has 0 aliphatic carbocycles. The first kappa shape index (κ1) is 23.8. The van der Waals surface area contributed by atoms with Gasteiger partial charge in [0.05, 0.1) is 36.8 Å². The molecule has 0 aliphatic rings. The van der Waals surface area contributed by atoms with E-state index in [0.717, 1.165) is 35.7 Å². The fourth-order valence-electron chi connectivity index (χ4n) is 3.66. The lowest BCUT2D eigenvalue weighted by molar-refractivity contribution is 0.0356. The molecule has 0 radical (unpaired) electrons. The monoisotopic (exact) mass is 439 g/mol. The Bertz CT molecular complexity index is 975. The highest BCUT2D eigenvalue weighted by molar-refractivity contribution is 5.44. The maximum Gasteiger partial charge on any atom is 0.227 e. The summed E-state index contributed by atoms with van der Waals surface area (Å²) >= 11 is 0. The topological polar surface area (TPSA) is 69.0 Å². The van der Waals surface area contributed by atoms with E-state index in [-0.39, 0.29) is 0 Å². The molecule has 172 valence electrons. The van der Waals surface area contributed by atoms with Crippen molar-refractivity contribution in [2.75, 3.05) is 33.9 Å². The summed E-state index contributed by atoms with van der Waals surface area (Å²) in [6.07, 6.45) is 0.413. The van der Waals surface area contributed by atoms with Crippen molar-refractivity contribution in [3.05, 3.63) is 65.9 Å². The van der Waals surface area contributed by atoms with Gasteiger partial charge in [0, 0.05) is 26.3 Å². The molecular formula is C25H33N3O4. The van der Waals surface area contributed by atoms with Crippen molar-refractivity contribution >= 4 is 0 Å². The molecule has 0 saturated heterocycles. The third-order valence-corrected chi connectivity index (χ3v) is 5.14. The molecule has 0 fully saturated rings. The van der Waals surface area contributed by atoms with Gasteiger partial charge < -0.3 is 19.3 Å². The Balaban J connectivity index is 1.99. The minimum Gasteiger partial charge on any atom is -0.497 e. The third kappa shape index (κ3) is 6.09. The first-order valence-electron chi connectivity index (χ1n) is 10.9. The maximum absolute atomic E-state index is 10.3. The van der Waals surface area contributed by atoms with E-state index in [9.17, 15) is 5.11 Å². The largest absolute Gasteiger partial charge is 0.497 e. The summed E-state index contributed by atoms with van der Waals surface area (Å²) in [7, 11) is 3.23. The average molecular weight is 440 g/mol. The van der Waals surface area contributed by atoms with Crippen molar-refractivity contribution in [3.8, 4) is 23.1 Å². The van der Waals surface area contributed by atoms with Crippen molar-refractivity contribution in [2.45, 2.75) is 32.9 Å². The molecule has 32 heavy (non-hydrogen) atoms. The molecule has 1 aromatic heterocycles. The van der Waals surface area contributed by atoms with Crippen molar-refractivity contribution < 1.29 is 19.3 Å². The number of hydrogen-bond acceptors (Lipinski definition) is 6. The molecule has 3 rings (SSSR count). The second-order valence-electron chi connectivity index (χ2n) is 7.74. The molecule has 0 bridgehead atoms. The highest BCUT2D eigenvalue weighted by atomic mass is 16.5. The van der Waals surface area contributed by atoms with Gasteiger partial charge in [0.1, 0.15) is 11.5 Å². The number of para-hydroxylation sites is 1. The SMILES string of the molecule is CCCN(Cc1c(C)nn(-c2ccccc2)c1Oc1cccc(OC)c1)C[C@@H](O)COC. The minimum atomic E-state index is -0.557. The van der Waals surface area contributed by atoms with Crippen LogP contribution in [0.15, 0.2) is 54.6 Å². The van der Waals surface area contributed by atoms with Crippen LogP contribution in [-0.4, -0.2) is 59.8 Å². The van der Waals surface area contributed by atoms with E-state index in [1.807, 2.05) is 66.2 Å². The predicted molar refractivity (Wildman–Crippen MR) is 125 cm³/mol. The smallest absolute Gasteiger partial charge is 0.227 e. The van der Waals surface area contributed by atoms with Crippen LogP contribution in [0.1, 0.15) is 24.6 Å². The summed E-state index contributed by atoms with van der Waals surface area (Å²) in [6, 6.07) is 17.5. The molecule has 7 heteroatoms. The van der Waals surface area contributed by atoms with Crippen LogP contribution in [0.25, 0.3) is 5.69 Å². The molecule has 1 atom stereocenters. The second-order valence-corrected chi connectivity index (χ2v) is 7.74. The van der Waals surface area contributed by atoms with Crippen molar-refractivity contribution in [1.29, 1.82) is 0 Å². The van der Waals surface area contributed by atoms with Crippen LogP contribution in [0.2, 0.25) is 0 Å². The molecule has 1 N–H and O–H groups in total. The van der Waals surface area contributed by atoms with E-state index < -0.39 is 6.10 Å². The van der Waals surface area contributed by atoms with E-state index >= 15 is 0 Å². The Morgan fingerprint density at radius 3 is 2.50 bits per heavy atom. The number of nitrogens with zero attached hydrogens (tertiary/aromatic N) is 3. The lowest BCUT2D eigenvalue weighted by Gasteiger charge is -2.24. The quantitative estimate of drug-likeness (QED) is 0.456. The molecule has 0 spiro atoms. The van der Waals surface area contributed by atoms with Crippen molar-refractivity contribution in [2.24, 2.45) is 0 Å². The highest BCUT2D eigenvalue weighted by Gasteiger charge is 2.22. The summed E-state index contributed by atoms with van der Waals surface area (Å²) < 4.78 is 18.7. The first-order chi connectivity index (χ1) is 15.5. The van der Waals surface area contributed by atoms with Gasteiger partial charge in [0.25, 0.3) is 0 Å². The lowest BCUT2D eigenvalue weighted by Crippen LogP contribution is -2.35. The zero-order valence-electron chi connectivity index (χ0n) is 19.3. The van der Waals surface area contributed by atoms with E-state index in [2.05, 4.69) is 11.8 Å². The second kappa shape index (κ2) is 11.7. The van der Waals surface area contributed by atoms with Gasteiger partial charge in [-0.2, -0.15) is 5.10 Å². The molecule has 0 saturated carbocycles. The lowest BCUT2D eigenvalue weighted by atomic mass is 10.2. The first-order valence-corrected chi connectivity index (χ1v) is 10.9. The number of aliphatic hydroxyl groups excluding tert-OH is 1. The molecular weight excluding hydrogens is 406 g/mol.